The van der Waals surface area contributed by atoms with Crippen molar-refractivity contribution in [3.8, 4) is 0 Å². The molecule has 0 spiro atoms. The van der Waals surface area contributed by atoms with Crippen molar-refractivity contribution in [2.45, 2.75) is 6.92 Å². The number of imidazole rings is 1. The quantitative estimate of drug-likeness (QED) is 0.694. The Morgan fingerprint density at radius 1 is 1.04 bits per heavy atom. The SMILES string of the molecule is Cc1nc2ccccn2c1/C=N/N1CCN(c2ccccn2)CC1. The first-order chi connectivity index (χ1) is 11.8. The molecule has 4 rings (SSSR count). The zero-order valence-electron chi connectivity index (χ0n) is 13.7. The van der Waals surface area contributed by atoms with Crippen LogP contribution in [0.4, 0.5) is 5.82 Å². The van der Waals surface area contributed by atoms with E-state index in [2.05, 4.69) is 35.4 Å². The van der Waals surface area contributed by atoms with Crippen LogP contribution in [0.2, 0.25) is 0 Å². The van der Waals surface area contributed by atoms with Crippen molar-refractivity contribution in [3.05, 3.63) is 60.2 Å². The van der Waals surface area contributed by atoms with Crippen molar-refractivity contribution >= 4 is 17.7 Å². The third-order valence-corrected chi connectivity index (χ3v) is 4.32. The lowest BCUT2D eigenvalue weighted by Crippen LogP contribution is -2.44. The van der Waals surface area contributed by atoms with Gasteiger partial charge in [0.2, 0.25) is 0 Å². The number of aryl methyl sites for hydroxylation is 1. The highest BCUT2D eigenvalue weighted by Gasteiger charge is 2.16. The first kappa shape index (κ1) is 14.7. The minimum atomic E-state index is 0.892. The molecule has 1 aliphatic rings. The van der Waals surface area contributed by atoms with E-state index in [1.54, 1.807) is 0 Å². The molecule has 3 aromatic rings. The fourth-order valence-electron chi connectivity index (χ4n) is 3.01. The summed E-state index contributed by atoms with van der Waals surface area (Å²) < 4.78 is 2.07. The van der Waals surface area contributed by atoms with E-state index in [1.807, 2.05) is 55.9 Å². The Morgan fingerprint density at radius 2 is 1.88 bits per heavy atom. The predicted molar refractivity (Wildman–Crippen MR) is 95.5 cm³/mol. The van der Waals surface area contributed by atoms with Gasteiger partial charge in [0, 0.05) is 25.5 Å². The van der Waals surface area contributed by atoms with Crippen molar-refractivity contribution in [2.24, 2.45) is 5.10 Å². The van der Waals surface area contributed by atoms with Gasteiger partial charge >= 0.3 is 0 Å². The molecule has 1 aliphatic heterocycles. The molecule has 24 heavy (non-hydrogen) atoms. The number of aromatic nitrogens is 3. The van der Waals surface area contributed by atoms with E-state index < -0.39 is 0 Å². The van der Waals surface area contributed by atoms with Gasteiger partial charge < -0.3 is 4.90 Å². The molecule has 1 saturated heterocycles. The summed E-state index contributed by atoms with van der Waals surface area (Å²) in [6.45, 7) is 5.67. The Kier molecular flexibility index (Phi) is 3.86. The van der Waals surface area contributed by atoms with Gasteiger partial charge in [-0.25, -0.2) is 9.97 Å². The summed E-state index contributed by atoms with van der Waals surface area (Å²) in [6, 6.07) is 12.1. The molecule has 0 atom stereocenters. The zero-order chi connectivity index (χ0) is 16.4. The van der Waals surface area contributed by atoms with Gasteiger partial charge in [-0.1, -0.05) is 12.1 Å². The molecule has 122 valence electrons. The molecule has 6 heteroatoms. The molecular formula is C18H20N6. The number of hydrazone groups is 1. The second-order valence-electron chi connectivity index (χ2n) is 5.88. The molecular weight excluding hydrogens is 300 g/mol. The van der Waals surface area contributed by atoms with Gasteiger partial charge in [0.05, 0.1) is 30.7 Å². The van der Waals surface area contributed by atoms with Crippen LogP contribution in [0.3, 0.4) is 0 Å². The van der Waals surface area contributed by atoms with E-state index in [9.17, 15) is 0 Å². The lowest BCUT2D eigenvalue weighted by Gasteiger charge is -2.33. The molecule has 0 radical (unpaired) electrons. The Bertz CT molecular complexity index is 846. The van der Waals surface area contributed by atoms with E-state index in [0.717, 1.165) is 49.0 Å². The van der Waals surface area contributed by atoms with Crippen LogP contribution >= 0.6 is 0 Å². The van der Waals surface area contributed by atoms with Crippen molar-refractivity contribution < 1.29 is 0 Å². The first-order valence-corrected chi connectivity index (χ1v) is 8.20. The highest BCUT2D eigenvalue weighted by Crippen LogP contribution is 2.13. The summed E-state index contributed by atoms with van der Waals surface area (Å²) >= 11 is 0. The number of hydrogen-bond acceptors (Lipinski definition) is 5. The lowest BCUT2D eigenvalue weighted by molar-refractivity contribution is 0.271. The Morgan fingerprint density at radius 3 is 2.67 bits per heavy atom. The second-order valence-corrected chi connectivity index (χ2v) is 5.88. The van der Waals surface area contributed by atoms with Crippen LogP contribution in [0, 0.1) is 6.92 Å². The van der Waals surface area contributed by atoms with Crippen LogP contribution in [0.25, 0.3) is 5.65 Å². The van der Waals surface area contributed by atoms with Crippen LogP contribution in [0.5, 0.6) is 0 Å². The molecule has 6 nitrogen and oxygen atoms in total. The standard InChI is InChI=1S/C18H20N6/c1-15-16(24-9-5-3-7-18(24)21-15)14-20-23-12-10-22(11-13-23)17-6-2-4-8-19-17/h2-9,14H,10-13H2,1H3/b20-14+. The van der Waals surface area contributed by atoms with Gasteiger partial charge in [-0.15, -0.1) is 0 Å². The van der Waals surface area contributed by atoms with Gasteiger partial charge in [-0.2, -0.15) is 5.10 Å². The Balaban J connectivity index is 1.45. The van der Waals surface area contributed by atoms with Crippen molar-refractivity contribution in [1.82, 2.24) is 19.4 Å². The van der Waals surface area contributed by atoms with E-state index >= 15 is 0 Å². The topological polar surface area (TPSA) is 49.0 Å². The maximum atomic E-state index is 4.67. The minimum absolute atomic E-state index is 0.892. The van der Waals surface area contributed by atoms with Crippen molar-refractivity contribution in [1.29, 1.82) is 0 Å². The summed E-state index contributed by atoms with van der Waals surface area (Å²) in [5.41, 5.74) is 2.99. The summed E-state index contributed by atoms with van der Waals surface area (Å²) in [4.78, 5) is 11.3. The molecule has 0 N–H and O–H groups in total. The van der Waals surface area contributed by atoms with Crippen LogP contribution in [0.15, 0.2) is 53.9 Å². The summed E-state index contributed by atoms with van der Waals surface area (Å²) in [5.74, 6) is 1.04. The van der Waals surface area contributed by atoms with Gasteiger partial charge in [0.15, 0.2) is 0 Å². The van der Waals surface area contributed by atoms with E-state index in [1.165, 1.54) is 0 Å². The minimum Gasteiger partial charge on any atom is -0.353 e. The second kappa shape index (κ2) is 6.31. The van der Waals surface area contributed by atoms with Crippen LogP contribution < -0.4 is 4.90 Å². The monoisotopic (exact) mass is 320 g/mol. The maximum absolute atomic E-state index is 4.67. The van der Waals surface area contributed by atoms with E-state index in [-0.39, 0.29) is 0 Å². The van der Waals surface area contributed by atoms with Gasteiger partial charge in [-0.3, -0.25) is 9.41 Å². The number of rotatable bonds is 3. The lowest BCUT2D eigenvalue weighted by atomic mass is 10.3. The van der Waals surface area contributed by atoms with E-state index in [0.29, 0.717) is 0 Å². The van der Waals surface area contributed by atoms with Gasteiger partial charge in [-0.05, 0) is 31.2 Å². The maximum Gasteiger partial charge on any atom is 0.137 e. The molecule has 0 aromatic carbocycles. The fourth-order valence-corrected chi connectivity index (χ4v) is 3.01. The molecule has 3 aromatic heterocycles. The third-order valence-electron chi connectivity index (χ3n) is 4.32. The smallest absolute Gasteiger partial charge is 0.137 e. The number of anilines is 1. The normalized spacial score (nSPS) is 15.5. The summed E-state index contributed by atoms with van der Waals surface area (Å²) in [6.07, 6.45) is 5.79. The average Bonchev–Trinajstić information content (AvgIpc) is 2.96. The third kappa shape index (κ3) is 2.82. The van der Waals surface area contributed by atoms with Crippen molar-refractivity contribution in [2.75, 3.05) is 31.1 Å². The Labute approximate surface area is 141 Å². The predicted octanol–water partition coefficient (Wildman–Crippen LogP) is 2.19. The molecule has 0 bridgehead atoms. The molecule has 1 fully saturated rings. The molecule has 0 amide bonds. The summed E-state index contributed by atoms with van der Waals surface area (Å²) in [5, 5.41) is 6.78. The average molecular weight is 320 g/mol. The van der Waals surface area contributed by atoms with E-state index in [4.69, 9.17) is 0 Å². The fraction of sp³-hybridized carbons (Fsp3) is 0.278. The summed E-state index contributed by atoms with van der Waals surface area (Å²) in [7, 11) is 0. The highest BCUT2D eigenvalue weighted by atomic mass is 15.5. The molecule has 4 heterocycles. The number of nitrogens with zero attached hydrogens (tertiary/aromatic N) is 6. The largest absolute Gasteiger partial charge is 0.353 e. The number of pyridine rings is 2. The first-order valence-electron chi connectivity index (χ1n) is 8.20. The molecule has 0 saturated carbocycles. The number of piperazine rings is 1. The van der Waals surface area contributed by atoms with Crippen LogP contribution in [0.1, 0.15) is 11.4 Å². The number of fused-ring (bicyclic) bond motifs is 1. The van der Waals surface area contributed by atoms with Crippen molar-refractivity contribution in [3.63, 3.8) is 0 Å². The zero-order valence-corrected chi connectivity index (χ0v) is 13.7. The van der Waals surface area contributed by atoms with Gasteiger partial charge in [0.1, 0.15) is 11.5 Å². The van der Waals surface area contributed by atoms with Crippen LogP contribution in [-0.4, -0.2) is 51.8 Å². The molecule has 0 aliphatic carbocycles. The van der Waals surface area contributed by atoms with Crippen LogP contribution in [-0.2, 0) is 0 Å². The number of hydrogen-bond donors (Lipinski definition) is 0. The Hall–Kier alpha value is -2.89. The highest BCUT2D eigenvalue weighted by molar-refractivity contribution is 5.80. The van der Waals surface area contributed by atoms with Gasteiger partial charge in [0.25, 0.3) is 0 Å². The molecule has 0 unspecified atom stereocenters.